The van der Waals surface area contributed by atoms with Gasteiger partial charge in [0.1, 0.15) is 0 Å². The second-order valence-corrected chi connectivity index (χ2v) is 10.0. The van der Waals surface area contributed by atoms with Gasteiger partial charge in [-0.3, -0.25) is 0 Å². The summed E-state index contributed by atoms with van der Waals surface area (Å²) in [5.41, 5.74) is 7.76. The summed E-state index contributed by atoms with van der Waals surface area (Å²) in [5, 5.41) is 11.4. The van der Waals surface area contributed by atoms with E-state index in [0.717, 1.165) is 49.7 Å². The standard InChI is InChI=1S/C38H24N4/c39-25-26-15-17-27(18-16-26)28-19-21-30(22-20-28)35-33-14-8-7-9-29(33)23-24-34(35)38-41-36(31-10-3-1-4-11-31)40-37(42-38)32-12-5-2-6-13-32/h1-24H. The van der Waals surface area contributed by atoms with Crippen molar-refractivity contribution in [3.05, 3.63) is 151 Å². The van der Waals surface area contributed by atoms with Gasteiger partial charge < -0.3 is 0 Å². The minimum Gasteiger partial charge on any atom is -0.208 e. The first-order valence-corrected chi connectivity index (χ1v) is 13.8. The van der Waals surface area contributed by atoms with Gasteiger partial charge in [0.15, 0.2) is 17.5 Å². The van der Waals surface area contributed by atoms with Crippen LogP contribution in [0.15, 0.2) is 146 Å². The minimum atomic E-state index is 0.625. The first-order valence-electron chi connectivity index (χ1n) is 13.8. The minimum absolute atomic E-state index is 0.625. The molecule has 0 unspecified atom stereocenters. The summed E-state index contributed by atoms with van der Waals surface area (Å²) < 4.78 is 0. The Morgan fingerprint density at radius 3 is 1.50 bits per heavy atom. The molecule has 0 saturated heterocycles. The third-order valence-electron chi connectivity index (χ3n) is 7.39. The molecule has 6 aromatic carbocycles. The van der Waals surface area contributed by atoms with E-state index in [1.54, 1.807) is 0 Å². The van der Waals surface area contributed by atoms with E-state index >= 15 is 0 Å². The number of fused-ring (bicyclic) bond motifs is 1. The van der Waals surface area contributed by atoms with E-state index in [4.69, 9.17) is 20.2 Å². The normalized spacial score (nSPS) is 10.8. The highest BCUT2D eigenvalue weighted by Gasteiger charge is 2.18. The number of rotatable bonds is 5. The molecule has 0 saturated carbocycles. The van der Waals surface area contributed by atoms with Crippen LogP contribution in [0.1, 0.15) is 5.56 Å². The van der Waals surface area contributed by atoms with Gasteiger partial charge in [-0.2, -0.15) is 5.26 Å². The highest BCUT2D eigenvalue weighted by atomic mass is 15.0. The van der Waals surface area contributed by atoms with Gasteiger partial charge in [0.25, 0.3) is 0 Å². The van der Waals surface area contributed by atoms with Gasteiger partial charge >= 0.3 is 0 Å². The van der Waals surface area contributed by atoms with Gasteiger partial charge in [0, 0.05) is 22.3 Å². The Labute approximate surface area is 244 Å². The number of nitrogens with zero attached hydrogens (tertiary/aromatic N) is 4. The number of hydrogen-bond acceptors (Lipinski definition) is 4. The van der Waals surface area contributed by atoms with Crippen molar-refractivity contribution in [2.75, 3.05) is 0 Å². The Morgan fingerprint density at radius 1 is 0.405 bits per heavy atom. The molecule has 0 aliphatic heterocycles. The summed E-state index contributed by atoms with van der Waals surface area (Å²) in [6.45, 7) is 0. The smallest absolute Gasteiger partial charge is 0.164 e. The second kappa shape index (κ2) is 10.9. The third-order valence-corrected chi connectivity index (χ3v) is 7.39. The van der Waals surface area contributed by atoms with Crippen molar-refractivity contribution in [1.82, 2.24) is 15.0 Å². The summed E-state index contributed by atoms with van der Waals surface area (Å²) >= 11 is 0. The molecule has 0 aliphatic rings. The zero-order chi connectivity index (χ0) is 28.3. The molecule has 1 aromatic heterocycles. The molecule has 0 N–H and O–H groups in total. The average Bonchev–Trinajstić information content (AvgIpc) is 3.08. The van der Waals surface area contributed by atoms with Gasteiger partial charge in [-0.05, 0) is 45.7 Å². The van der Waals surface area contributed by atoms with Gasteiger partial charge in [0.2, 0.25) is 0 Å². The molecule has 0 fully saturated rings. The van der Waals surface area contributed by atoms with Crippen LogP contribution in [-0.2, 0) is 0 Å². The SMILES string of the molecule is N#Cc1ccc(-c2ccc(-c3c(-c4nc(-c5ccccc5)nc(-c5ccccc5)n4)ccc4ccccc34)cc2)cc1. The van der Waals surface area contributed by atoms with Crippen LogP contribution in [0.25, 0.3) is 67.2 Å². The molecule has 0 spiro atoms. The molecule has 7 rings (SSSR count). The summed E-state index contributed by atoms with van der Waals surface area (Å²) in [4.78, 5) is 14.9. The van der Waals surface area contributed by atoms with Gasteiger partial charge in [-0.1, -0.05) is 127 Å². The lowest BCUT2D eigenvalue weighted by molar-refractivity contribution is 1.07. The number of aromatic nitrogens is 3. The first kappa shape index (κ1) is 25.1. The van der Waals surface area contributed by atoms with E-state index in [9.17, 15) is 0 Å². The lowest BCUT2D eigenvalue weighted by Gasteiger charge is -2.15. The Morgan fingerprint density at radius 2 is 0.905 bits per heavy atom. The summed E-state index contributed by atoms with van der Waals surface area (Å²) in [6, 6.07) is 51.1. The predicted molar refractivity (Wildman–Crippen MR) is 169 cm³/mol. The van der Waals surface area contributed by atoms with Crippen molar-refractivity contribution in [2.24, 2.45) is 0 Å². The Bertz CT molecular complexity index is 2000. The van der Waals surface area contributed by atoms with E-state index in [-0.39, 0.29) is 0 Å². The van der Waals surface area contributed by atoms with Crippen LogP contribution < -0.4 is 0 Å². The second-order valence-electron chi connectivity index (χ2n) is 10.0. The molecular formula is C38H24N4. The lowest BCUT2D eigenvalue weighted by Crippen LogP contribution is -2.01. The first-order chi connectivity index (χ1) is 20.8. The van der Waals surface area contributed by atoms with Crippen molar-refractivity contribution in [2.45, 2.75) is 0 Å². The molecule has 0 atom stereocenters. The summed E-state index contributed by atoms with van der Waals surface area (Å²) in [7, 11) is 0. The fourth-order valence-electron chi connectivity index (χ4n) is 5.26. The van der Waals surface area contributed by atoms with Crippen LogP contribution in [0.2, 0.25) is 0 Å². The highest BCUT2D eigenvalue weighted by molar-refractivity contribution is 6.03. The van der Waals surface area contributed by atoms with Gasteiger partial charge in [-0.25, -0.2) is 15.0 Å². The molecule has 42 heavy (non-hydrogen) atoms. The number of nitriles is 1. The van der Waals surface area contributed by atoms with Crippen molar-refractivity contribution in [3.63, 3.8) is 0 Å². The van der Waals surface area contributed by atoms with Crippen molar-refractivity contribution in [1.29, 1.82) is 5.26 Å². The van der Waals surface area contributed by atoms with Crippen LogP contribution in [0.4, 0.5) is 0 Å². The molecule has 1 heterocycles. The third kappa shape index (κ3) is 4.81. The molecule has 0 aliphatic carbocycles. The molecule has 196 valence electrons. The maximum absolute atomic E-state index is 9.17. The molecule has 0 amide bonds. The van der Waals surface area contributed by atoms with Crippen LogP contribution >= 0.6 is 0 Å². The van der Waals surface area contributed by atoms with Crippen molar-refractivity contribution >= 4 is 10.8 Å². The summed E-state index contributed by atoms with van der Waals surface area (Å²) in [6.07, 6.45) is 0. The van der Waals surface area contributed by atoms with Crippen molar-refractivity contribution in [3.8, 4) is 62.5 Å². The number of benzene rings is 6. The Hall–Kier alpha value is -5.92. The van der Waals surface area contributed by atoms with Crippen molar-refractivity contribution < 1.29 is 0 Å². The molecule has 7 aromatic rings. The van der Waals surface area contributed by atoms with Crippen LogP contribution in [0, 0.1) is 11.3 Å². The van der Waals surface area contributed by atoms with E-state index in [1.165, 1.54) is 0 Å². The van der Waals surface area contributed by atoms with Crippen LogP contribution in [-0.4, -0.2) is 15.0 Å². The van der Waals surface area contributed by atoms with E-state index in [1.807, 2.05) is 84.9 Å². The summed E-state index contributed by atoms with van der Waals surface area (Å²) in [5.74, 6) is 1.89. The number of hydrogen-bond donors (Lipinski definition) is 0. The molecule has 0 radical (unpaired) electrons. The predicted octanol–water partition coefficient (Wildman–Crippen LogP) is 9.23. The lowest BCUT2D eigenvalue weighted by atomic mass is 9.91. The quantitative estimate of drug-likeness (QED) is 0.220. The highest BCUT2D eigenvalue weighted by Crippen LogP contribution is 2.38. The average molecular weight is 537 g/mol. The molecule has 4 heteroatoms. The monoisotopic (exact) mass is 536 g/mol. The fourth-order valence-corrected chi connectivity index (χ4v) is 5.26. The Balaban J connectivity index is 1.42. The zero-order valence-electron chi connectivity index (χ0n) is 22.6. The fraction of sp³-hybridized carbons (Fsp3) is 0. The van der Waals surface area contributed by atoms with E-state index in [0.29, 0.717) is 23.0 Å². The van der Waals surface area contributed by atoms with Gasteiger partial charge in [0.05, 0.1) is 11.6 Å². The van der Waals surface area contributed by atoms with E-state index < -0.39 is 0 Å². The Kier molecular flexibility index (Phi) is 6.52. The largest absolute Gasteiger partial charge is 0.208 e. The van der Waals surface area contributed by atoms with Crippen LogP contribution in [0.5, 0.6) is 0 Å². The zero-order valence-corrected chi connectivity index (χ0v) is 22.6. The topological polar surface area (TPSA) is 62.5 Å². The molecular weight excluding hydrogens is 512 g/mol. The molecule has 4 nitrogen and oxygen atoms in total. The van der Waals surface area contributed by atoms with E-state index in [2.05, 4.69) is 66.7 Å². The maximum atomic E-state index is 9.17. The van der Waals surface area contributed by atoms with Crippen LogP contribution in [0.3, 0.4) is 0 Å². The molecule has 0 bridgehead atoms. The maximum Gasteiger partial charge on any atom is 0.164 e. The van der Waals surface area contributed by atoms with Gasteiger partial charge in [-0.15, -0.1) is 0 Å².